The lowest BCUT2D eigenvalue weighted by molar-refractivity contribution is -0.647. The van der Waals surface area contributed by atoms with E-state index in [0.29, 0.717) is 84.9 Å². The van der Waals surface area contributed by atoms with E-state index in [4.69, 9.17) is 139 Å². The van der Waals surface area contributed by atoms with Gasteiger partial charge in [-0.15, -0.1) is 0 Å². The normalized spacial score (nSPS) is 13.7. The first-order chi connectivity index (χ1) is 45.9. The molecule has 3 aromatic heterocycles. The smallest absolute Gasteiger partial charge is 0.329 e. The number of hydrogen-bond acceptors (Lipinski definition) is 8. The molecular formula is C69H55Cl12N14O2+3. The number of benzene rings is 6. The van der Waals surface area contributed by atoms with Crippen molar-refractivity contribution in [1.82, 2.24) is 24.3 Å². The van der Waals surface area contributed by atoms with Gasteiger partial charge in [0, 0.05) is 96.9 Å². The molecule has 0 unspecified atom stereocenters. The van der Waals surface area contributed by atoms with Gasteiger partial charge in [0.25, 0.3) is 5.82 Å². The lowest BCUT2D eigenvalue weighted by atomic mass is 10.2. The quantitative estimate of drug-likeness (QED) is 0.0820. The fraction of sp³-hybridized carbons (Fsp3) is 0.116. The maximum Gasteiger partial charge on any atom is 0.351 e. The van der Waals surface area contributed by atoms with E-state index in [1.807, 2.05) is 162 Å². The van der Waals surface area contributed by atoms with Crippen molar-refractivity contribution in [2.24, 2.45) is 14.1 Å². The van der Waals surface area contributed by atoms with Crippen LogP contribution < -0.4 is 53.7 Å². The molecule has 6 heterocycles. The molecule has 6 aromatic carbocycles. The number of carbonyl (C=O) groups excluding carboxylic acids is 2. The number of aromatic nitrogens is 6. The second-order valence-corrected chi connectivity index (χ2v) is 27.7. The first kappa shape index (κ1) is 69.3. The van der Waals surface area contributed by atoms with Crippen LogP contribution in [-0.2, 0) is 23.7 Å². The van der Waals surface area contributed by atoms with Crippen LogP contribution in [-0.4, -0.2) is 67.8 Å². The minimum atomic E-state index is -0.714. The Bertz CT molecular complexity index is 5150. The number of fused-ring (bicyclic) bond motifs is 6. The number of nitrogens with zero attached hydrogens (tertiary/aromatic N) is 12. The Morgan fingerprint density at radius 3 is 0.979 bits per heavy atom. The summed E-state index contributed by atoms with van der Waals surface area (Å²) in [6.45, 7) is 17.7. The van der Waals surface area contributed by atoms with Gasteiger partial charge in [-0.25, -0.2) is 29.4 Å². The van der Waals surface area contributed by atoms with Gasteiger partial charge in [-0.2, -0.15) is 13.7 Å². The molecule has 0 atom stereocenters. The van der Waals surface area contributed by atoms with Crippen LogP contribution in [0.3, 0.4) is 0 Å². The molecule has 3 aliphatic heterocycles. The van der Waals surface area contributed by atoms with Crippen LogP contribution in [0, 0.1) is 0 Å². The lowest BCUT2D eigenvalue weighted by Gasteiger charge is -2.17. The number of rotatable bonds is 14. The van der Waals surface area contributed by atoms with E-state index in [0.717, 1.165) is 51.6 Å². The summed E-state index contributed by atoms with van der Waals surface area (Å²) in [6.07, 6.45) is 16.5. The molecule has 0 aliphatic carbocycles. The second-order valence-electron chi connectivity index (χ2n) is 22.8. The van der Waals surface area contributed by atoms with Crippen LogP contribution in [0.15, 0.2) is 153 Å². The summed E-state index contributed by atoms with van der Waals surface area (Å²) in [5.74, 6) is 2.30. The Morgan fingerprint density at radius 1 is 0.361 bits per heavy atom. The Kier molecular flexibility index (Phi) is 19.0. The summed E-state index contributed by atoms with van der Waals surface area (Å²) >= 11 is 79.5. The second kappa shape index (κ2) is 26.5. The van der Waals surface area contributed by atoms with Crippen molar-refractivity contribution in [2.75, 3.05) is 71.7 Å². The van der Waals surface area contributed by atoms with Crippen molar-refractivity contribution in [3.05, 3.63) is 231 Å². The van der Waals surface area contributed by atoms with E-state index < -0.39 is 11.8 Å². The van der Waals surface area contributed by atoms with Crippen LogP contribution in [0.5, 0.6) is 0 Å². The number of halogens is 12. The Labute approximate surface area is 618 Å². The zero-order valence-electron chi connectivity index (χ0n) is 52.7. The average Bonchev–Trinajstić information content (AvgIpc) is 1.62. The molecule has 0 radical (unpaired) electrons. The van der Waals surface area contributed by atoms with Gasteiger partial charge in [-0.05, 0) is 74.4 Å². The summed E-state index contributed by atoms with van der Waals surface area (Å²) in [6, 6.07) is 20.8. The SMILES string of the molecule is C=C(C(=O)NC(=C)[n+]1c(C=CC=C2N(C)c3cc(Cl)c(Cl)cc3N2C)n(C(=C)C(=O)NC(=C)[n+]2c(C=CC=C3N(C)c4cc(Cl)c(Cl)cc4N3C)n(C)c3cc(Cl)c(Cl)cc32)c2cc(Cl)c(Cl)cc21)n1c(C=CC=C2N(C)c3cc(Cl)c(Cl)cc3N2C)[n+](C)c2cc(Cl)c(Cl)cc21. The number of carbonyl (C=O) groups is 2. The van der Waals surface area contributed by atoms with Gasteiger partial charge in [0.2, 0.25) is 29.0 Å². The number of nitrogens with one attached hydrogen (secondary N) is 2. The highest BCUT2D eigenvalue weighted by Crippen LogP contribution is 2.47. The van der Waals surface area contributed by atoms with E-state index in [2.05, 4.69) is 36.9 Å². The third-order valence-corrected chi connectivity index (χ3v) is 21.5. The fourth-order valence-corrected chi connectivity index (χ4v) is 14.2. The minimum Gasteiger partial charge on any atom is -0.329 e. The number of amides is 2. The van der Waals surface area contributed by atoms with Crippen LogP contribution in [0.25, 0.3) is 74.4 Å². The molecule has 12 rings (SSSR count). The molecule has 2 amide bonds. The number of imidazole rings is 3. The predicted octanol–water partition coefficient (Wildman–Crippen LogP) is 18.1. The van der Waals surface area contributed by atoms with Gasteiger partial charge in [0.1, 0.15) is 39.5 Å². The Balaban J connectivity index is 0.934. The van der Waals surface area contributed by atoms with Gasteiger partial charge >= 0.3 is 11.8 Å². The molecule has 0 saturated carbocycles. The number of hydrogen-bond donors (Lipinski definition) is 2. The predicted molar refractivity (Wildman–Crippen MR) is 407 cm³/mol. The summed E-state index contributed by atoms with van der Waals surface area (Å²) in [4.78, 5) is 42.4. The molecule has 2 N–H and O–H groups in total. The first-order valence-electron chi connectivity index (χ1n) is 29.1. The molecule has 9 aromatic rings. The highest BCUT2D eigenvalue weighted by Gasteiger charge is 2.37. The van der Waals surface area contributed by atoms with Gasteiger partial charge in [-0.3, -0.25) is 4.57 Å². The highest BCUT2D eigenvalue weighted by atomic mass is 35.5. The topological polar surface area (TPSA) is 104 Å². The molecule has 3 aliphatic rings. The Hall–Kier alpha value is -7.65. The third kappa shape index (κ3) is 12.0. The highest BCUT2D eigenvalue weighted by molar-refractivity contribution is 6.45. The standard InChI is InChI=1S/C69H53Cl12N14O2/c1-34(92-58-30-46(78)44(76)28-56(58)90(11)65(92)19-13-16-62-84(5)50-22-38(70)39(71)23-51(50)85(62)6)68(96)83-37(4)95-61-33-49(81)48(80)32-60(61)93(67(95)21-15-18-64-88(9)54-26-42(74)43(75)27-55(54)89(64)10)35(2)69(97)82-36(3)94-59-31-47(79)45(77)29-57(59)91(12)66(94)20-14-17-63-86(7)52-24-40(72)41(73)25-53(52)87(63)8/h13-33H,1-4H2,5-12H3/q+1/p+2. The zero-order chi connectivity index (χ0) is 70.0. The Morgan fingerprint density at radius 2 is 0.619 bits per heavy atom. The molecule has 0 spiro atoms. The number of aryl methyl sites for hydroxylation is 2. The van der Waals surface area contributed by atoms with E-state index in [-0.39, 0.29) is 49.0 Å². The number of allylic oxidation sites excluding steroid dienone is 6. The van der Waals surface area contributed by atoms with Gasteiger partial charge < -0.3 is 29.4 Å². The van der Waals surface area contributed by atoms with E-state index in [1.165, 1.54) is 0 Å². The molecule has 0 fully saturated rings. The zero-order valence-corrected chi connectivity index (χ0v) is 61.7. The molecule has 0 bridgehead atoms. The summed E-state index contributed by atoms with van der Waals surface area (Å²) in [7, 11) is 15.1. The van der Waals surface area contributed by atoms with Crippen LogP contribution in [0.2, 0.25) is 60.3 Å². The third-order valence-electron chi connectivity index (χ3n) is 17.2. The van der Waals surface area contributed by atoms with Crippen LogP contribution >= 0.6 is 139 Å². The average molecular weight is 1540 g/mol. The maximum absolute atomic E-state index is 15.4. The van der Waals surface area contributed by atoms with Crippen molar-refractivity contribution in [2.45, 2.75) is 0 Å². The van der Waals surface area contributed by atoms with Crippen LogP contribution in [0.1, 0.15) is 17.5 Å². The van der Waals surface area contributed by atoms with Gasteiger partial charge in [-0.1, -0.05) is 164 Å². The van der Waals surface area contributed by atoms with Crippen molar-refractivity contribution in [3.63, 3.8) is 0 Å². The summed E-state index contributed by atoms with van der Waals surface area (Å²) < 4.78 is 10.3. The molecule has 494 valence electrons. The van der Waals surface area contributed by atoms with Crippen molar-refractivity contribution >= 4 is 260 Å². The molecule has 28 heteroatoms. The van der Waals surface area contributed by atoms with Gasteiger partial charge in [0.15, 0.2) is 16.7 Å². The summed E-state index contributed by atoms with van der Waals surface area (Å²) in [5, 5.41) is 9.83. The number of anilines is 6. The fourth-order valence-electron chi connectivity index (χ4n) is 12.3. The maximum atomic E-state index is 15.4. The lowest BCUT2D eigenvalue weighted by Crippen LogP contribution is -2.45. The molecule has 0 saturated heterocycles. The minimum absolute atomic E-state index is 0.0134. The van der Waals surface area contributed by atoms with Crippen molar-refractivity contribution in [1.29, 1.82) is 0 Å². The molecule has 97 heavy (non-hydrogen) atoms. The van der Waals surface area contributed by atoms with Gasteiger partial charge in [0.05, 0.1) is 108 Å². The van der Waals surface area contributed by atoms with E-state index >= 15 is 9.59 Å². The van der Waals surface area contributed by atoms with E-state index in [1.54, 1.807) is 79.0 Å². The first-order valence-corrected chi connectivity index (χ1v) is 33.6. The molecular weight excluding hydrogens is 1480 g/mol. The molecule has 16 nitrogen and oxygen atoms in total. The largest absolute Gasteiger partial charge is 0.351 e. The van der Waals surface area contributed by atoms with E-state index in [9.17, 15) is 0 Å². The van der Waals surface area contributed by atoms with Crippen molar-refractivity contribution in [3.8, 4) is 0 Å². The van der Waals surface area contributed by atoms with Crippen LogP contribution in [0.4, 0.5) is 34.1 Å². The summed E-state index contributed by atoms with van der Waals surface area (Å²) in [5.41, 5.74) is 7.86. The van der Waals surface area contributed by atoms with Crippen molar-refractivity contribution < 1.29 is 23.3 Å². The monoisotopic (exact) mass is 1530 g/mol.